The van der Waals surface area contributed by atoms with Gasteiger partial charge in [-0.05, 0) is 31.6 Å². The van der Waals surface area contributed by atoms with Crippen molar-refractivity contribution in [3.8, 4) is 0 Å². The molecule has 0 radical (unpaired) electrons. The average molecular weight is 270 g/mol. The van der Waals surface area contributed by atoms with Crippen LogP contribution in [0.4, 0.5) is 4.79 Å². The third-order valence-electron chi connectivity index (χ3n) is 4.30. The lowest BCUT2D eigenvalue weighted by molar-refractivity contribution is -0.143. The second-order valence-electron chi connectivity index (χ2n) is 6.17. The van der Waals surface area contributed by atoms with E-state index in [1.807, 2.05) is 0 Å². The van der Waals surface area contributed by atoms with E-state index < -0.39 is 17.5 Å². The second kappa shape index (κ2) is 6.26. The van der Waals surface area contributed by atoms with Crippen LogP contribution in [0.2, 0.25) is 0 Å². The largest absolute Gasteiger partial charge is 0.480 e. The molecule has 0 saturated heterocycles. The number of hydrogen-bond acceptors (Lipinski definition) is 2. The quantitative estimate of drug-likeness (QED) is 0.718. The van der Waals surface area contributed by atoms with E-state index in [9.17, 15) is 9.59 Å². The molecule has 0 aromatic heterocycles. The van der Waals surface area contributed by atoms with Crippen LogP contribution in [-0.4, -0.2) is 29.2 Å². The predicted octanol–water partition coefficient (Wildman–Crippen LogP) is 2.51. The average Bonchev–Trinajstić information content (AvgIpc) is 2.37. The molecule has 1 rings (SSSR count). The van der Waals surface area contributed by atoms with Crippen LogP contribution in [0.25, 0.3) is 0 Å². The Morgan fingerprint density at radius 1 is 1.26 bits per heavy atom. The number of rotatable bonds is 5. The van der Waals surface area contributed by atoms with Gasteiger partial charge in [-0.1, -0.05) is 33.1 Å². The highest BCUT2D eigenvalue weighted by atomic mass is 16.4. The highest BCUT2D eigenvalue weighted by Crippen LogP contribution is 2.34. The van der Waals surface area contributed by atoms with E-state index >= 15 is 0 Å². The molecule has 0 aliphatic heterocycles. The van der Waals surface area contributed by atoms with Crippen LogP contribution in [0.5, 0.6) is 0 Å². The molecule has 0 spiro atoms. The molecule has 110 valence electrons. The van der Waals surface area contributed by atoms with E-state index in [1.54, 1.807) is 6.92 Å². The Bertz CT molecular complexity index is 338. The SMILES string of the molecule is CCC(C)(NC(=O)NCC1(C)CCCCC1)C(=O)O. The predicted molar refractivity (Wildman–Crippen MR) is 74.1 cm³/mol. The lowest BCUT2D eigenvalue weighted by Crippen LogP contribution is -2.55. The first kappa shape index (κ1) is 15.8. The van der Waals surface area contributed by atoms with Crippen molar-refractivity contribution >= 4 is 12.0 Å². The summed E-state index contributed by atoms with van der Waals surface area (Å²) in [4.78, 5) is 22.9. The maximum absolute atomic E-state index is 11.8. The van der Waals surface area contributed by atoms with Gasteiger partial charge in [-0.25, -0.2) is 9.59 Å². The molecule has 3 N–H and O–H groups in total. The summed E-state index contributed by atoms with van der Waals surface area (Å²) in [6.45, 7) is 6.06. The molecule has 1 aliphatic carbocycles. The number of carboxylic acids is 1. The summed E-state index contributed by atoms with van der Waals surface area (Å²) in [5.41, 5.74) is -1.04. The highest BCUT2D eigenvalue weighted by molar-refractivity contribution is 5.85. The van der Waals surface area contributed by atoms with E-state index in [-0.39, 0.29) is 5.41 Å². The van der Waals surface area contributed by atoms with Crippen molar-refractivity contribution in [3.05, 3.63) is 0 Å². The maximum Gasteiger partial charge on any atom is 0.329 e. The topological polar surface area (TPSA) is 78.4 Å². The number of urea groups is 1. The molecule has 0 bridgehead atoms. The summed E-state index contributed by atoms with van der Waals surface area (Å²) in [6, 6.07) is -0.390. The molecule has 5 heteroatoms. The van der Waals surface area contributed by atoms with Gasteiger partial charge in [0.1, 0.15) is 5.54 Å². The van der Waals surface area contributed by atoms with Crippen molar-refractivity contribution in [2.24, 2.45) is 5.41 Å². The molecule has 1 aliphatic rings. The van der Waals surface area contributed by atoms with Crippen molar-refractivity contribution in [2.45, 2.75) is 64.8 Å². The van der Waals surface area contributed by atoms with Crippen LogP contribution < -0.4 is 10.6 Å². The van der Waals surface area contributed by atoms with Crippen molar-refractivity contribution in [1.82, 2.24) is 10.6 Å². The Labute approximate surface area is 115 Å². The third-order valence-corrected chi connectivity index (χ3v) is 4.30. The normalized spacial score (nSPS) is 21.2. The lowest BCUT2D eigenvalue weighted by atomic mass is 9.76. The smallest absolute Gasteiger partial charge is 0.329 e. The summed E-state index contributed by atoms with van der Waals surface area (Å²) >= 11 is 0. The Kier molecular flexibility index (Phi) is 5.20. The molecule has 1 saturated carbocycles. The van der Waals surface area contributed by atoms with Crippen molar-refractivity contribution in [1.29, 1.82) is 0 Å². The monoisotopic (exact) mass is 270 g/mol. The minimum Gasteiger partial charge on any atom is -0.480 e. The van der Waals surface area contributed by atoms with Gasteiger partial charge in [0, 0.05) is 6.54 Å². The van der Waals surface area contributed by atoms with Gasteiger partial charge in [-0.15, -0.1) is 0 Å². The summed E-state index contributed by atoms with van der Waals surface area (Å²) in [5.74, 6) is -1.01. The molecule has 1 unspecified atom stereocenters. The van der Waals surface area contributed by atoms with Gasteiger partial charge in [-0.3, -0.25) is 0 Å². The summed E-state index contributed by atoms with van der Waals surface area (Å²) < 4.78 is 0. The first-order valence-electron chi connectivity index (χ1n) is 7.11. The molecule has 0 aromatic carbocycles. The first-order chi connectivity index (χ1) is 8.81. The number of amides is 2. The molecule has 0 aromatic rings. The number of aliphatic carboxylic acids is 1. The third kappa shape index (κ3) is 4.40. The summed E-state index contributed by atoms with van der Waals surface area (Å²) in [7, 11) is 0. The second-order valence-corrected chi connectivity index (χ2v) is 6.17. The zero-order valence-electron chi connectivity index (χ0n) is 12.2. The standard InChI is InChI=1S/C14H26N2O3/c1-4-14(3,11(17)18)16-12(19)15-10-13(2)8-6-5-7-9-13/h4-10H2,1-3H3,(H,17,18)(H2,15,16,19). The van der Waals surface area contributed by atoms with Gasteiger partial charge in [0.25, 0.3) is 0 Å². The summed E-state index contributed by atoms with van der Waals surface area (Å²) in [5, 5.41) is 14.5. The van der Waals surface area contributed by atoms with Crippen LogP contribution in [0.3, 0.4) is 0 Å². The fraction of sp³-hybridized carbons (Fsp3) is 0.857. The molecular weight excluding hydrogens is 244 g/mol. The van der Waals surface area contributed by atoms with Crippen LogP contribution >= 0.6 is 0 Å². The molecular formula is C14H26N2O3. The van der Waals surface area contributed by atoms with Crippen molar-refractivity contribution in [2.75, 3.05) is 6.54 Å². The number of carboxylic acid groups (broad SMARTS) is 1. The maximum atomic E-state index is 11.8. The van der Waals surface area contributed by atoms with Crippen molar-refractivity contribution < 1.29 is 14.7 Å². The van der Waals surface area contributed by atoms with Crippen LogP contribution in [-0.2, 0) is 4.79 Å². The zero-order valence-corrected chi connectivity index (χ0v) is 12.2. The van der Waals surface area contributed by atoms with Gasteiger partial charge in [0.15, 0.2) is 0 Å². The Morgan fingerprint density at radius 2 is 1.84 bits per heavy atom. The lowest BCUT2D eigenvalue weighted by Gasteiger charge is -2.34. The Balaban J connectivity index is 2.45. The van der Waals surface area contributed by atoms with Gasteiger partial charge < -0.3 is 15.7 Å². The van der Waals surface area contributed by atoms with Gasteiger partial charge in [0.2, 0.25) is 0 Å². The van der Waals surface area contributed by atoms with E-state index in [0.29, 0.717) is 13.0 Å². The van der Waals surface area contributed by atoms with E-state index in [0.717, 1.165) is 12.8 Å². The van der Waals surface area contributed by atoms with Gasteiger partial charge in [0.05, 0.1) is 0 Å². The molecule has 0 heterocycles. The van der Waals surface area contributed by atoms with Crippen LogP contribution in [0, 0.1) is 5.41 Å². The zero-order chi connectivity index (χ0) is 14.5. The highest BCUT2D eigenvalue weighted by Gasteiger charge is 2.33. The number of hydrogen-bond donors (Lipinski definition) is 3. The van der Waals surface area contributed by atoms with Crippen LogP contribution in [0.15, 0.2) is 0 Å². The Hall–Kier alpha value is -1.26. The minimum atomic E-state index is -1.20. The van der Waals surface area contributed by atoms with E-state index in [2.05, 4.69) is 17.6 Å². The molecule has 1 fully saturated rings. The van der Waals surface area contributed by atoms with E-state index in [1.165, 1.54) is 26.2 Å². The number of carbonyl (C=O) groups excluding carboxylic acids is 1. The fourth-order valence-corrected chi connectivity index (χ4v) is 2.46. The minimum absolute atomic E-state index is 0.154. The number of nitrogens with one attached hydrogen (secondary N) is 2. The number of carbonyl (C=O) groups is 2. The van der Waals surface area contributed by atoms with Gasteiger partial charge in [-0.2, -0.15) is 0 Å². The van der Waals surface area contributed by atoms with Crippen LogP contribution in [0.1, 0.15) is 59.3 Å². The first-order valence-corrected chi connectivity index (χ1v) is 7.11. The summed E-state index contributed by atoms with van der Waals surface area (Å²) in [6.07, 6.45) is 6.29. The molecule has 2 amide bonds. The molecule has 5 nitrogen and oxygen atoms in total. The van der Waals surface area contributed by atoms with Gasteiger partial charge >= 0.3 is 12.0 Å². The Morgan fingerprint density at radius 3 is 2.32 bits per heavy atom. The fourth-order valence-electron chi connectivity index (χ4n) is 2.46. The van der Waals surface area contributed by atoms with Crippen molar-refractivity contribution in [3.63, 3.8) is 0 Å². The molecule has 19 heavy (non-hydrogen) atoms. The molecule has 1 atom stereocenters. The van der Waals surface area contributed by atoms with E-state index in [4.69, 9.17) is 5.11 Å².